The molecule has 0 aliphatic carbocycles. The number of rotatable bonds is 5. The Morgan fingerprint density at radius 1 is 1.03 bits per heavy atom. The number of hydrogen-bond donors (Lipinski definition) is 1. The first kappa shape index (κ1) is 20.4. The van der Waals surface area contributed by atoms with Gasteiger partial charge in [0, 0.05) is 22.5 Å². The van der Waals surface area contributed by atoms with Gasteiger partial charge < -0.3 is 4.98 Å². The molecule has 4 nitrogen and oxygen atoms in total. The Morgan fingerprint density at radius 2 is 1.79 bits per heavy atom. The molecular weight excluding hydrogens is 449 g/mol. The smallest absolute Gasteiger partial charge is 0.260 e. The van der Waals surface area contributed by atoms with E-state index < -0.39 is 0 Å². The predicted molar refractivity (Wildman–Crippen MR) is 122 cm³/mol. The minimum absolute atomic E-state index is 0.140. The Hall–Kier alpha value is -1.89. The number of thiophene rings is 1. The SMILES string of the molecule is CN(Cc1ccc(Cl)c(Cl)c1)Cc1nc2scc(-c3ccc(Cl)cc3)c2c(=O)[nH]1. The second-order valence-corrected chi connectivity index (χ2v) is 8.88. The van der Waals surface area contributed by atoms with E-state index in [4.69, 9.17) is 34.8 Å². The molecule has 148 valence electrons. The first-order valence-electron chi connectivity index (χ1n) is 8.79. The van der Waals surface area contributed by atoms with Crippen molar-refractivity contribution in [1.29, 1.82) is 0 Å². The van der Waals surface area contributed by atoms with Crippen LogP contribution in [0.25, 0.3) is 21.3 Å². The number of nitrogens with one attached hydrogen (secondary N) is 1. The van der Waals surface area contributed by atoms with Crippen molar-refractivity contribution in [2.45, 2.75) is 13.1 Å². The first-order valence-corrected chi connectivity index (χ1v) is 10.8. The van der Waals surface area contributed by atoms with Gasteiger partial charge in [-0.25, -0.2) is 4.98 Å². The normalized spacial score (nSPS) is 11.5. The molecule has 0 spiro atoms. The van der Waals surface area contributed by atoms with Crippen LogP contribution < -0.4 is 5.56 Å². The topological polar surface area (TPSA) is 49.0 Å². The van der Waals surface area contributed by atoms with Gasteiger partial charge in [-0.2, -0.15) is 0 Å². The zero-order chi connectivity index (χ0) is 20.5. The molecule has 0 fully saturated rings. The van der Waals surface area contributed by atoms with E-state index in [9.17, 15) is 4.79 Å². The maximum absolute atomic E-state index is 12.8. The van der Waals surface area contributed by atoms with Crippen molar-refractivity contribution in [1.82, 2.24) is 14.9 Å². The highest BCUT2D eigenvalue weighted by molar-refractivity contribution is 7.17. The lowest BCUT2D eigenvalue weighted by atomic mass is 10.1. The summed E-state index contributed by atoms with van der Waals surface area (Å²) in [4.78, 5) is 23.1. The van der Waals surface area contributed by atoms with Gasteiger partial charge in [0.15, 0.2) is 0 Å². The van der Waals surface area contributed by atoms with Crippen molar-refractivity contribution in [2.24, 2.45) is 0 Å². The third-order valence-corrected chi connectivity index (χ3v) is 6.37. The van der Waals surface area contributed by atoms with E-state index in [0.29, 0.717) is 39.4 Å². The molecular formula is C21H16Cl3N3OS. The van der Waals surface area contributed by atoms with E-state index in [1.54, 1.807) is 6.07 Å². The zero-order valence-electron chi connectivity index (χ0n) is 15.4. The average Bonchev–Trinajstić information content (AvgIpc) is 3.10. The van der Waals surface area contributed by atoms with Crippen LogP contribution in [0.15, 0.2) is 52.6 Å². The number of aromatic nitrogens is 2. The number of benzene rings is 2. The number of nitrogens with zero attached hydrogens (tertiary/aromatic N) is 2. The van der Waals surface area contributed by atoms with Crippen LogP contribution >= 0.6 is 46.1 Å². The summed E-state index contributed by atoms with van der Waals surface area (Å²) < 4.78 is 0. The molecule has 0 unspecified atom stereocenters. The van der Waals surface area contributed by atoms with Crippen molar-refractivity contribution in [3.63, 3.8) is 0 Å². The maximum Gasteiger partial charge on any atom is 0.260 e. The van der Waals surface area contributed by atoms with Gasteiger partial charge in [-0.15, -0.1) is 11.3 Å². The molecule has 1 N–H and O–H groups in total. The Bertz CT molecular complexity index is 1230. The first-order chi connectivity index (χ1) is 13.9. The van der Waals surface area contributed by atoms with Crippen molar-refractivity contribution >= 4 is 56.4 Å². The van der Waals surface area contributed by atoms with Gasteiger partial charge in [-0.3, -0.25) is 9.69 Å². The predicted octanol–water partition coefficient (Wildman–Crippen LogP) is 6.24. The minimum atomic E-state index is -0.140. The summed E-state index contributed by atoms with van der Waals surface area (Å²) in [5, 5.41) is 4.28. The van der Waals surface area contributed by atoms with Crippen molar-refractivity contribution in [3.05, 3.63) is 84.7 Å². The molecule has 2 aromatic heterocycles. The highest BCUT2D eigenvalue weighted by Crippen LogP contribution is 2.31. The molecule has 8 heteroatoms. The highest BCUT2D eigenvalue weighted by Gasteiger charge is 2.14. The molecule has 0 aliphatic rings. The molecule has 0 radical (unpaired) electrons. The van der Waals surface area contributed by atoms with Gasteiger partial charge >= 0.3 is 0 Å². The Kier molecular flexibility index (Phi) is 5.95. The van der Waals surface area contributed by atoms with Crippen LogP contribution in [-0.4, -0.2) is 21.9 Å². The second-order valence-electron chi connectivity index (χ2n) is 6.77. The molecule has 29 heavy (non-hydrogen) atoms. The summed E-state index contributed by atoms with van der Waals surface area (Å²) in [7, 11) is 1.96. The second kappa shape index (κ2) is 8.46. The summed E-state index contributed by atoms with van der Waals surface area (Å²) >= 11 is 19.5. The number of H-pyrrole nitrogens is 1. The lowest BCUT2D eigenvalue weighted by molar-refractivity contribution is 0.311. The molecule has 0 aliphatic heterocycles. The van der Waals surface area contributed by atoms with E-state index in [0.717, 1.165) is 21.5 Å². The van der Waals surface area contributed by atoms with Gasteiger partial charge in [0.2, 0.25) is 0 Å². The van der Waals surface area contributed by atoms with Gasteiger partial charge in [-0.05, 0) is 42.4 Å². The largest absolute Gasteiger partial charge is 0.309 e. The summed E-state index contributed by atoms with van der Waals surface area (Å²) in [6, 6.07) is 13.0. The summed E-state index contributed by atoms with van der Waals surface area (Å²) in [5.41, 5.74) is 2.70. The van der Waals surface area contributed by atoms with Gasteiger partial charge in [0.25, 0.3) is 5.56 Å². The molecule has 4 aromatic rings. The maximum atomic E-state index is 12.8. The van der Waals surface area contributed by atoms with Crippen LogP contribution in [0.1, 0.15) is 11.4 Å². The highest BCUT2D eigenvalue weighted by atomic mass is 35.5. The van der Waals surface area contributed by atoms with E-state index in [1.165, 1.54) is 11.3 Å². The zero-order valence-corrected chi connectivity index (χ0v) is 18.5. The monoisotopic (exact) mass is 463 g/mol. The summed E-state index contributed by atoms with van der Waals surface area (Å²) in [5.74, 6) is 0.620. The van der Waals surface area contributed by atoms with E-state index >= 15 is 0 Å². The van der Waals surface area contributed by atoms with Crippen LogP contribution in [-0.2, 0) is 13.1 Å². The molecule has 4 rings (SSSR count). The molecule has 0 saturated carbocycles. The molecule has 2 aromatic carbocycles. The number of halogens is 3. The van der Waals surface area contributed by atoms with Crippen molar-refractivity contribution in [2.75, 3.05) is 7.05 Å². The fourth-order valence-corrected chi connectivity index (χ4v) is 4.58. The van der Waals surface area contributed by atoms with E-state index in [2.05, 4.69) is 14.9 Å². The molecule has 2 heterocycles. The Morgan fingerprint density at radius 3 is 2.52 bits per heavy atom. The third kappa shape index (κ3) is 4.49. The lowest BCUT2D eigenvalue weighted by Gasteiger charge is -2.16. The number of aromatic amines is 1. The van der Waals surface area contributed by atoms with Crippen LogP contribution in [0.4, 0.5) is 0 Å². The number of hydrogen-bond acceptors (Lipinski definition) is 4. The average molecular weight is 465 g/mol. The molecule has 0 amide bonds. The Labute approximate surface area is 186 Å². The standard InChI is InChI=1S/C21H16Cl3N3OS/c1-27(9-12-2-7-16(23)17(24)8-12)10-18-25-20(28)19-15(11-29-21(19)26-18)13-3-5-14(22)6-4-13/h2-8,11H,9-10H2,1H3,(H,25,26,28). The fraction of sp³-hybridized carbons (Fsp3) is 0.143. The fourth-order valence-electron chi connectivity index (χ4n) is 3.17. The molecule has 0 bridgehead atoms. The van der Waals surface area contributed by atoms with Crippen molar-refractivity contribution < 1.29 is 0 Å². The third-order valence-electron chi connectivity index (χ3n) is 4.50. The van der Waals surface area contributed by atoms with Crippen LogP contribution in [0.5, 0.6) is 0 Å². The van der Waals surface area contributed by atoms with Gasteiger partial charge in [0.1, 0.15) is 10.7 Å². The Balaban J connectivity index is 1.58. The lowest BCUT2D eigenvalue weighted by Crippen LogP contribution is -2.21. The summed E-state index contributed by atoms with van der Waals surface area (Å²) in [6.07, 6.45) is 0. The van der Waals surface area contributed by atoms with E-state index in [-0.39, 0.29) is 5.56 Å². The van der Waals surface area contributed by atoms with Gasteiger partial charge in [0.05, 0.1) is 22.0 Å². The van der Waals surface area contributed by atoms with Crippen LogP contribution in [0.2, 0.25) is 15.1 Å². The van der Waals surface area contributed by atoms with Crippen LogP contribution in [0.3, 0.4) is 0 Å². The number of fused-ring (bicyclic) bond motifs is 1. The molecule has 0 saturated heterocycles. The van der Waals surface area contributed by atoms with Crippen molar-refractivity contribution in [3.8, 4) is 11.1 Å². The minimum Gasteiger partial charge on any atom is -0.309 e. The quantitative estimate of drug-likeness (QED) is 0.380. The summed E-state index contributed by atoms with van der Waals surface area (Å²) in [6.45, 7) is 1.15. The van der Waals surface area contributed by atoms with E-state index in [1.807, 2.05) is 48.8 Å². The van der Waals surface area contributed by atoms with Crippen LogP contribution in [0, 0.1) is 0 Å². The van der Waals surface area contributed by atoms with Gasteiger partial charge in [-0.1, -0.05) is 53.0 Å². The molecule has 0 atom stereocenters.